The zero-order chi connectivity index (χ0) is 95.1. The zero-order valence-electron chi connectivity index (χ0n) is 78.1. The molecule has 0 saturated heterocycles. The Morgan fingerprint density at radius 3 is 0.924 bits per heavy atom. The van der Waals surface area contributed by atoms with Crippen LogP contribution < -0.4 is 0 Å². The lowest BCUT2D eigenvalue weighted by atomic mass is 9.87. The molecule has 0 unspecified atom stereocenters. The van der Waals surface area contributed by atoms with Crippen molar-refractivity contribution in [2.75, 3.05) is 0 Å². The second-order valence-electron chi connectivity index (χ2n) is 37.0. The van der Waals surface area contributed by atoms with E-state index in [-0.39, 0.29) is 0 Å². The second-order valence-corrected chi connectivity index (χ2v) is 40.1. The number of hydrogen-bond donors (Lipinski definition) is 0. The zero-order valence-corrected chi connectivity index (χ0v) is 80.6. The molecule has 0 aliphatic carbocycles. The Balaban J connectivity index is 0.000000108. The number of para-hydroxylation sites is 4. The van der Waals surface area contributed by atoms with Crippen molar-refractivity contribution in [1.29, 1.82) is 0 Å². The summed E-state index contributed by atoms with van der Waals surface area (Å²) in [7, 11) is 0. The van der Waals surface area contributed by atoms with Gasteiger partial charge in [-0.1, -0.05) is 425 Å². The van der Waals surface area contributed by atoms with Gasteiger partial charge >= 0.3 is 0 Å². The van der Waals surface area contributed by atoms with Crippen molar-refractivity contribution in [1.82, 2.24) is 0 Å². The van der Waals surface area contributed by atoms with Crippen molar-refractivity contribution >= 4 is 160 Å². The quantitative estimate of drug-likeness (QED) is 0.109. The largest absolute Gasteiger partial charge is 0.456 e. The van der Waals surface area contributed by atoms with Gasteiger partial charge in [-0.15, -0.1) is 34.0 Å². The predicted octanol–water partition coefficient (Wildman–Crippen LogP) is 41.2. The van der Waals surface area contributed by atoms with Crippen molar-refractivity contribution in [3.8, 4) is 156 Å². The highest BCUT2D eigenvalue weighted by molar-refractivity contribution is 7.27. The van der Waals surface area contributed by atoms with E-state index in [9.17, 15) is 0 Å². The highest BCUT2D eigenvalue weighted by Crippen LogP contribution is 2.53. The molecule has 0 atom stereocenters. The summed E-state index contributed by atoms with van der Waals surface area (Å²) in [5.74, 6) is 0. The third-order valence-corrected chi connectivity index (χ3v) is 32.1. The fourth-order valence-corrected chi connectivity index (χ4v) is 25.2. The molecular formula is C138H86O3S3. The van der Waals surface area contributed by atoms with Gasteiger partial charge in [0.25, 0.3) is 0 Å². The molecule has 6 aromatic heterocycles. The maximum absolute atomic E-state index is 6.53. The summed E-state index contributed by atoms with van der Waals surface area (Å²) in [5, 5.41) is 14.6. The number of rotatable bonds is 14. The molecular weight excluding hydrogens is 1800 g/mol. The Labute approximate surface area is 844 Å². The SMILES string of the molecule is c1ccc(-c2ccc(-c3ccccc3-c3ccccc3-c3cc(-c4ccc5c(c4)oc4ccccc45)cc4c3sc3ccccc34)cc2)cc1.c1ccc(-c2cccc(-c3ccccc3-c3ccccc3-c3cc(-c4ccc5c(c4)sc4ccccc45)cc4c3sc3ccccc34)c2)cc1.c1ccc(-c2ccccc2-c2ccc(-c3cc(-c4cccc5c4oc4ccccc45)cc4c3oc3ccccc34)cc2)cc1. The summed E-state index contributed by atoms with van der Waals surface area (Å²) in [4.78, 5) is 0. The van der Waals surface area contributed by atoms with Crippen LogP contribution in [0.25, 0.3) is 282 Å². The first-order valence-electron chi connectivity index (χ1n) is 48.9. The van der Waals surface area contributed by atoms with Crippen LogP contribution in [0.2, 0.25) is 0 Å². The van der Waals surface area contributed by atoms with E-state index in [2.05, 4.69) is 485 Å². The van der Waals surface area contributed by atoms with Gasteiger partial charge in [-0.2, -0.15) is 0 Å². The van der Waals surface area contributed by atoms with Crippen molar-refractivity contribution in [2.24, 2.45) is 0 Å². The lowest BCUT2D eigenvalue weighted by molar-refractivity contribution is 0.669. The average molecular weight is 1890 g/mol. The van der Waals surface area contributed by atoms with E-state index >= 15 is 0 Å². The van der Waals surface area contributed by atoms with Crippen LogP contribution >= 0.6 is 34.0 Å². The van der Waals surface area contributed by atoms with E-state index in [1.165, 1.54) is 188 Å². The lowest BCUT2D eigenvalue weighted by Gasteiger charge is -2.17. The smallest absolute Gasteiger partial charge is 0.143 e. The normalized spacial score (nSPS) is 11.6. The van der Waals surface area contributed by atoms with E-state index in [0.29, 0.717) is 0 Å². The van der Waals surface area contributed by atoms with Gasteiger partial charge in [0.2, 0.25) is 0 Å². The Morgan fingerprint density at radius 2 is 0.396 bits per heavy atom. The summed E-state index contributed by atoms with van der Waals surface area (Å²) < 4.78 is 27.2. The van der Waals surface area contributed by atoms with Crippen LogP contribution in [0.15, 0.2) is 535 Å². The van der Waals surface area contributed by atoms with Crippen LogP contribution in [0.3, 0.4) is 0 Å². The highest BCUT2D eigenvalue weighted by atomic mass is 32.1. The maximum atomic E-state index is 6.53. The van der Waals surface area contributed by atoms with Gasteiger partial charge in [0.05, 0.1) is 0 Å². The van der Waals surface area contributed by atoms with E-state index in [0.717, 1.165) is 93.6 Å². The number of thiophene rings is 3. The minimum Gasteiger partial charge on any atom is -0.456 e. The lowest BCUT2D eigenvalue weighted by Crippen LogP contribution is -1.90. The third kappa shape index (κ3) is 15.4. The Bertz CT molecular complexity index is 10000. The molecule has 674 valence electrons. The first-order chi connectivity index (χ1) is 71.4. The number of benzene rings is 23. The molecule has 23 aromatic carbocycles. The van der Waals surface area contributed by atoms with Crippen LogP contribution in [0, 0.1) is 0 Å². The van der Waals surface area contributed by atoms with Crippen LogP contribution in [-0.2, 0) is 0 Å². The molecule has 6 heterocycles. The molecule has 0 radical (unpaired) electrons. The molecule has 0 fully saturated rings. The van der Waals surface area contributed by atoms with Gasteiger partial charge in [0, 0.05) is 115 Å². The molecule has 0 aliphatic rings. The fraction of sp³-hybridized carbons (Fsp3) is 0. The third-order valence-electron chi connectivity index (χ3n) is 28.5. The molecule has 0 bridgehead atoms. The van der Waals surface area contributed by atoms with E-state index in [1.807, 2.05) is 70.4 Å². The first kappa shape index (κ1) is 85.3. The van der Waals surface area contributed by atoms with Gasteiger partial charge in [0.1, 0.15) is 33.5 Å². The van der Waals surface area contributed by atoms with Gasteiger partial charge in [-0.05, 0) is 231 Å². The molecule has 29 rings (SSSR count). The molecule has 0 aliphatic heterocycles. The fourth-order valence-electron chi connectivity index (χ4n) is 21.6. The highest BCUT2D eigenvalue weighted by Gasteiger charge is 2.26. The van der Waals surface area contributed by atoms with E-state index in [4.69, 9.17) is 13.3 Å². The molecule has 3 nitrogen and oxygen atoms in total. The van der Waals surface area contributed by atoms with E-state index in [1.54, 1.807) is 0 Å². The standard InChI is InChI=1S/C48H30OS.C48H30S2.C42H26O2/c1-2-12-31(13-3-1)32-22-24-33(25-23-32)36-14-4-5-15-37(36)38-16-6-7-17-39(38)43-28-35(29-44-42-19-9-11-21-47(42)50-48(43)44)34-26-27-41-40-18-8-10-20-45(40)49-46(41)30-34;1-2-13-31(14-3-1)32-15-12-16-34(27-32)36-17-4-5-18-37(36)38-19-6-7-20-39(38)43-28-35(29-44-41-22-9-11-24-46(41)50-48(43)44)33-25-26-42-40-21-8-10-23-45(40)49-47(42)30-33;1-2-11-27(12-3-1)31-13-4-5-14-32(31)28-21-23-29(24-22-28)37-25-30(26-38-35-16-7-9-20-40(35)44-42(37)38)33-17-10-18-36-34-15-6-8-19-39(34)43-41(33)36/h2*1-30H;1-26H. The molecule has 29 aromatic rings. The van der Waals surface area contributed by atoms with Crippen molar-refractivity contribution < 1.29 is 13.3 Å². The van der Waals surface area contributed by atoms with Gasteiger partial charge in [0.15, 0.2) is 0 Å². The van der Waals surface area contributed by atoms with Crippen LogP contribution in [0.4, 0.5) is 0 Å². The van der Waals surface area contributed by atoms with E-state index < -0.39 is 0 Å². The molecule has 144 heavy (non-hydrogen) atoms. The molecule has 0 spiro atoms. The summed E-state index contributed by atoms with van der Waals surface area (Å²) in [6, 6.07) is 188. The first-order valence-corrected chi connectivity index (χ1v) is 51.4. The van der Waals surface area contributed by atoms with Gasteiger partial charge in [-0.25, -0.2) is 0 Å². The van der Waals surface area contributed by atoms with Crippen molar-refractivity contribution in [3.63, 3.8) is 0 Å². The topological polar surface area (TPSA) is 39.4 Å². The Hall–Kier alpha value is -17.9. The second kappa shape index (κ2) is 36.4. The Morgan fingerprint density at radius 1 is 0.111 bits per heavy atom. The minimum atomic E-state index is 0.885. The summed E-state index contributed by atoms with van der Waals surface area (Å²) in [6.45, 7) is 0. The van der Waals surface area contributed by atoms with Crippen LogP contribution in [0.5, 0.6) is 0 Å². The average Bonchev–Trinajstić information content (AvgIpc) is 1.54. The summed E-state index contributed by atoms with van der Waals surface area (Å²) in [5.41, 5.74) is 39.1. The monoisotopic (exact) mass is 1890 g/mol. The number of fused-ring (bicyclic) bond motifs is 18. The Kier molecular flexibility index (Phi) is 21.6. The molecule has 0 N–H and O–H groups in total. The minimum absolute atomic E-state index is 0.885. The molecule has 0 saturated carbocycles. The van der Waals surface area contributed by atoms with Crippen molar-refractivity contribution in [2.45, 2.75) is 0 Å². The predicted molar refractivity (Wildman–Crippen MR) is 616 cm³/mol. The van der Waals surface area contributed by atoms with Gasteiger partial charge in [-0.3, -0.25) is 0 Å². The van der Waals surface area contributed by atoms with Crippen molar-refractivity contribution in [3.05, 3.63) is 522 Å². The summed E-state index contributed by atoms with van der Waals surface area (Å²) in [6.07, 6.45) is 0. The van der Waals surface area contributed by atoms with Crippen LogP contribution in [0.1, 0.15) is 0 Å². The number of furan rings is 3. The molecule has 0 amide bonds. The van der Waals surface area contributed by atoms with Gasteiger partial charge < -0.3 is 13.3 Å². The van der Waals surface area contributed by atoms with Crippen LogP contribution in [-0.4, -0.2) is 0 Å². The summed E-state index contributed by atoms with van der Waals surface area (Å²) >= 11 is 5.66. The maximum Gasteiger partial charge on any atom is 0.143 e. The number of hydrogen-bond acceptors (Lipinski definition) is 6. The molecule has 6 heteroatoms.